The zero-order valence-electron chi connectivity index (χ0n) is 18.8. The molecular formula is C29H27NO2S. The maximum Gasteiger partial charge on any atom is 0.251 e. The third-order valence-corrected chi connectivity index (χ3v) is 6.77. The Morgan fingerprint density at radius 3 is 2.12 bits per heavy atom. The summed E-state index contributed by atoms with van der Waals surface area (Å²) in [6.45, 7) is 3.79. The second-order valence-electron chi connectivity index (χ2n) is 8.27. The summed E-state index contributed by atoms with van der Waals surface area (Å²) in [5.41, 5.74) is 4.12. The Kier molecular flexibility index (Phi) is 7.26. The van der Waals surface area contributed by atoms with Crippen molar-refractivity contribution >= 4 is 33.6 Å². The molecule has 0 saturated heterocycles. The minimum absolute atomic E-state index is 0.0301. The number of hydrogen-bond acceptors (Lipinski definition) is 3. The van der Waals surface area contributed by atoms with Crippen LogP contribution in [0.4, 0.5) is 0 Å². The third kappa shape index (κ3) is 5.91. The first-order valence-corrected chi connectivity index (χ1v) is 12.0. The summed E-state index contributed by atoms with van der Waals surface area (Å²) >= 11 is 1.29. The monoisotopic (exact) mass is 453 g/mol. The first kappa shape index (κ1) is 22.8. The van der Waals surface area contributed by atoms with Crippen molar-refractivity contribution < 1.29 is 9.59 Å². The Bertz CT molecular complexity index is 1250. The van der Waals surface area contributed by atoms with Gasteiger partial charge in [0.05, 0.1) is 6.04 Å². The van der Waals surface area contributed by atoms with Crippen LogP contribution in [0.1, 0.15) is 29.8 Å². The zero-order chi connectivity index (χ0) is 23.2. The maximum atomic E-state index is 12.7. The van der Waals surface area contributed by atoms with E-state index in [1.54, 1.807) is 13.0 Å². The highest BCUT2D eigenvalue weighted by Gasteiger charge is 2.20. The molecule has 4 aromatic carbocycles. The Hall–Kier alpha value is -3.37. The predicted octanol–water partition coefficient (Wildman–Crippen LogP) is 6.52. The highest BCUT2D eigenvalue weighted by molar-refractivity contribution is 8.14. The average molecular weight is 454 g/mol. The average Bonchev–Trinajstić information content (AvgIpc) is 2.84. The van der Waals surface area contributed by atoms with Gasteiger partial charge in [-0.3, -0.25) is 9.59 Å². The number of nitrogens with one attached hydrogen (secondary N) is 1. The normalized spacial score (nSPS) is 12.8. The van der Waals surface area contributed by atoms with Gasteiger partial charge in [-0.2, -0.15) is 0 Å². The third-order valence-electron chi connectivity index (χ3n) is 5.61. The molecule has 1 amide bonds. The van der Waals surface area contributed by atoms with Gasteiger partial charge in [0.2, 0.25) is 5.12 Å². The molecule has 4 heteroatoms. The van der Waals surface area contributed by atoms with Crippen molar-refractivity contribution in [1.82, 2.24) is 5.32 Å². The fourth-order valence-electron chi connectivity index (χ4n) is 3.81. The van der Waals surface area contributed by atoms with Crippen molar-refractivity contribution in [2.45, 2.75) is 31.6 Å². The van der Waals surface area contributed by atoms with Gasteiger partial charge in [0, 0.05) is 10.8 Å². The van der Waals surface area contributed by atoms with Crippen molar-refractivity contribution in [1.29, 1.82) is 0 Å². The molecule has 0 spiro atoms. The molecule has 33 heavy (non-hydrogen) atoms. The molecule has 4 rings (SSSR count). The number of carbonyl (C=O) groups is 2. The summed E-state index contributed by atoms with van der Waals surface area (Å²) in [5.74, 6) is -0.230. The molecule has 0 heterocycles. The lowest BCUT2D eigenvalue weighted by molar-refractivity contribution is -0.112. The number of fused-ring (bicyclic) bond motifs is 1. The highest BCUT2D eigenvalue weighted by Crippen LogP contribution is 2.23. The Morgan fingerprint density at radius 1 is 0.758 bits per heavy atom. The lowest BCUT2D eigenvalue weighted by atomic mass is 10.0. The van der Waals surface area contributed by atoms with Gasteiger partial charge in [0.15, 0.2) is 0 Å². The van der Waals surface area contributed by atoms with E-state index in [2.05, 4.69) is 41.7 Å². The van der Waals surface area contributed by atoms with Crippen LogP contribution in [0.25, 0.3) is 21.9 Å². The van der Waals surface area contributed by atoms with Crippen LogP contribution in [0.15, 0.2) is 97.1 Å². The summed E-state index contributed by atoms with van der Waals surface area (Å²) in [7, 11) is 0. The molecule has 1 N–H and O–H groups in total. The molecule has 0 aliphatic heterocycles. The zero-order valence-corrected chi connectivity index (χ0v) is 19.6. The summed E-state index contributed by atoms with van der Waals surface area (Å²) in [4.78, 5) is 25.4. The summed E-state index contributed by atoms with van der Waals surface area (Å²) in [5, 5.41) is 5.02. The molecule has 0 fully saturated rings. The number of rotatable bonds is 7. The van der Waals surface area contributed by atoms with Crippen molar-refractivity contribution in [3.63, 3.8) is 0 Å². The van der Waals surface area contributed by atoms with E-state index in [0.29, 0.717) is 5.56 Å². The van der Waals surface area contributed by atoms with E-state index in [0.717, 1.165) is 17.2 Å². The lowest BCUT2D eigenvalue weighted by Gasteiger charge is -2.16. The fraction of sp³-hybridized carbons (Fsp3) is 0.172. The van der Waals surface area contributed by atoms with Gasteiger partial charge in [-0.05, 0) is 52.9 Å². The summed E-state index contributed by atoms with van der Waals surface area (Å²) in [6.07, 6.45) is 0.789. The predicted molar refractivity (Wildman–Crippen MR) is 139 cm³/mol. The van der Waals surface area contributed by atoms with Crippen LogP contribution in [-0.2, 0) is 11.2 Å². The van der Waals surface area contributed by atoms with Gasteiger partial charge >= 0.3 is 0 Å². The molecule has 0 aliphatic rings. The molecule has 0 saturated carbocycles. The molecule has 2 atom stereocenters. The smallest absolute Gasteiger partial charge is 0.251 e. The van der Waals surface area contributed by atoms with E-state index in [1.807, 2.05) is 61.5 Å². The topological polar surface area (TPSA) is 46.2 Å². The lowest BCUT2D eigenvalue weighted by Crippen LogP contribution is -2.37. The number of amides is 1. The summed E-state index contributed by atoms with van der Waals surface area (Å²) < 4.78 is 0. The number of thioether (sulfide) groups is 1. The minimum Gasteiger partial charge on any atom is -0.342 e. The van der Waals surface area contributed by atoms with Crippen LogP contribution in [0.3, 0.4) is 0 Å². The van der Waals surface area contributed by atoms with Gasteiger partial charge < -0.3 is 5.32 Å². The molecule has 4 aromatic rings. The van der Waals surface area contributed by atoms with Crippen LogP contribution in [0.5, 0.6) is 0 Å². The Labute approximate surface area is 199 Å². The molecular weight excluding hydrogens is 426 g/mol. The first-order chi connectivity index (χ1) is 16.0. The quantitative estimate of drug-likeness (QED) is 0.347. The van der Waals surface area contributed by atoms with Gasteiger partial charge in [-0.15, -0.1) is 0 Å². The second kappa shape index (κ2) is 10.5. The van der Waals surface area contributed by atoms with Crippen LogP contribution >= 0.6 is 11.8 Å². The van der Waals surface area contributed by atoms with E-state index in [1.165, 1.54) is 28.5 Å². The largest absolute Gasteiger partial charge is 0.342 e. The van der Waals surface area contributed by atoms with Crippen molar-refractivity contribution in [2.24, 2.45) is 0 Å². The molecule has 0 radical (unpaired) electrons. The van der Waals surface area contributed by atoms with E-state index in [9.17, 15) is 9.59 Å². The standard InChI is InChI=1S/C29H27NO2S/c1-20(18-22-12-14-25(15-13-22)23-8-4-3-5-9-23)33-29(32)21(2)30-28(31)27-17-16-24-10-6-7-11-26(24)19-27/h3-17,19-21H,18H2,1-2H3,(H,30,31)/t20-,21+/m0/s1. The maximum absolute atomic E-state index is 12.7. The van der Waals surface area contributed by atoms with Crippen LogP contribution in [0, 0.1) is 0 Å². The minimum atomic E-state index is -0.558. The molecule has 0 aromatic heterocycles. The van der Waals surface area contributed by atoms with Crippen LogP contribution < -0.4 is 5.32 Å². The molecule has 0 aliphatic carbocycles. The first-order valence-electron chi connectivity index (χ1n) is 11.1. The van der Waals surface area contributed by atoms with Crippen molar-refractivity contribution in [3.05, 3.63) is 108 Å². The van der Waals surface area contributed by atoms with Gasteiger partial charge in [-0.25, -0.2) is 0 Å². The fourth-order valence-corrected chi connectivity index (χ4v) is 4.74. The van der Waals surface area contributed by atoms with Crippen molar-refractivity contribution in [3.8, 4) is 11.1 Å². The number of carbonyl (C=O) groups excluding carboxylic acids is 2. The SMILES string of the molecule is C[C@@H](Cc1ccc(-c2ccccc2)cc1)SC(=O)[C@@H](C)NC(=O)c1ccc2ccccc2c1. The number of hydrogen-bond donors (Lipinski definition) is 1. The van der Waals surface area contributed by atoms with Crippen molar-refractivity contribution in [2.75, 3.05) is 0 Å². The Morgan fingerprint density at radius 2 is 1.39 bits per heavy atom. The van der Waals surface area contributed by atoms with E-state index < -0.39 is 6.04 Å². The molecule has 0 unspecified atom stereocenters. The highest BCUT2D eigenvalue weighted by atomic mass is 32.2. The number of benzene rings is 4. The molecule has 166 valence electrons. The van der Waals surface area contributed by atoms with E-state index in [4.69, 9.17) is 0 Å². The summed E-state index contributed by atoms with van der Waals surface area (Å²) in [6, 6.07) is 31.7. The van der Waals surface area contributed by atoms with Gasteiger partial charge in [0.1, 0.15) is 0 Å². The Balaban J connectivity index is 1.31. The van der Waals surface area contributed by atoms with E-state index in [-0.39, 0.29) is 16.3 Å². The second-order valence-corrected chi connectivity index (χ2v) is 9.71. The van der Waals surface area contributed by atoms with Crippen LogP contribution in [0.2, 0.25) is 0 Å². The van der Waals surface area contributed by atoms with Gasteiger partial charge in [0.25, 0.3) is 5.91 Å². The van der Waals surface area contributed by atoms with Crippen LogP contribution in [-0.4, -0.2) is 22.3 Å². The molecule has 0 bridgehead atoms. The molecule has 3 nitrogen and oxygen atoms in total. The van der Waals surface area contributed by atoms with E-state index >= 15 is 0 Å². The van der Waals surface area contributed by atoms with Gasteiger partial charge in [-0.1, -0.05) is 104 Å².